The second kappa shape index (κ2) is 4.78. The molecule has 0 bridgehead atoms. The van der Waals surface area contributed by atoms with E-state index in [4.69, 9.17) is 10.5 Å². The number of nitrogens with two attached hydrogens (primary N) is 1. The highest BCUT2D eigenvalue weighted by atomic mass is 32.2. The van der Waals surface area contributed by atoms with Crippen molar-refractivity contribution in [1.82, 2.24) is 0 Å². The number of sulfonamides is 1. The predicted octanol–water partition coefficient (Wildman–Crippen LogP) is 0.940. The van der Waals surface area contributed by atoms with Crippen LogP contribution < -0.4 is 14.8 Å². The molecule has 1 unspecified atom stereocenters. The van der Waals surface area contributed by atoms with Crippen LogP contribution in [-0.2, 0) is 16.6 Å². The molecule has 100 valence electrons. The lowest BCUT2D eigenvalue weighted by atomic mass is 10.1. The van der Waals surface area contributed by atoms with E-state index in [-0.39, 0.29) is 11.7 Å². The van der Waals surface area contributed by atoms with E-state index in [1.165, 1.54) is 11.4 Å². The van der Waals surface area contributed by atoms with E-state index in [1.54, 1.807) is 12.1 Å². The summed E-state index contributed by atoms with van der Waals surface area (Å²) in [5.41, 5.74) is 7.08. The molecule has 18 heavy (non-hydrogen) atoms. The number of methoxy groups -OCH3 is 1. The molecular weight excluding hydrogens is 252 g/mol. The molecule has 1 saturated heterocycles. The molecule has 0 spiro atoms. The molecule has 1 aromatic rings. The van der Waals surface area contributed by atoms with Crippen molar-refractivity contribution in [3.05, 3.63) is 23.8 Å². The third-order valence-electron chi connectivity index (χ3n) is 3.06. The Hall–Kier alpha value is -1.27. The van der Waals surface area contributed by atoms with Crippen LogP contribution in [0.15, 0.2) is 18.2 Å². The Kier molecular flexibility index (Phi) is 3.49. The van der Waals surface area contributed by atoms with Crippen molar-refractivity contribution in [1.29, 1.82) is 0 Å². The molecule has 6 heteroatoms. The normalized spacial score (nSPS) is 22.2. The lowest BCUT2D eigenvalue weighted by Gasteiger charge is -2.20. The van der Waals surface area contributed by atoms with Crippen LogP contribution in [0.25, 0.3) is 0 Å². The van der Waals surface area contributed by atoms with Crippen LogP contribution in [0.4, 0.5) is 5.69 Å². The monoisotopic (exact) mass is 270 g/mol. The Balaban J connectivity index is 2.45. The summed E-state index contributed by atoms with van der Waals surface area (Å²) in [5, 5.41) is 0. The summed E-state index contributed by atoms with van der Waals surface area (Å²) in [6, 6.07) is 5.38. The number of benzene rings is 1. The van der Waals surface area contributed by atoms with Gasteiger partial charge in [0.15, 0.2) is 0 Å². The molecule has 0 saturated carbocycles. The molecule has 1 heterocycles. The summed E-state index contributed by atoms with van der Waals surface area (Å²) in [7, 11) is -1.69. The summed E-state index contributed by atoms with van der Waals surface area (Å²) in [4.78, 5) is 0. The Bertz CT molecular complexity index is 542. The third kappa shape index (κ3) is 2.30. The van der Waals surface area contributed by atoms with Crippen molar-refractivity contribution in [2.24, 2.45) is 11.7 Å². The van der Waals surface area contributed by atoms with Gasteiger partial charge in [-0.15, -0.1) is 0 Å². The number of hydrogen-bond donors (Lipinski definition) is 1. The Labute approximate surface area is 108 Å². The number of nitrogens with zero attached hydrogens (tertiary/aromatic N) is 1. The van der Waals surface area contributed by atoms with Gasteiger partial charge in [-0.1, -0.05) is 13.0 Å². The second-order valence-electron chi connectivity index (χ2n) is 4.63. The van der Waals surface area contributed by atoms with E-state index in [0.717, 1.165) is 5.56 Å². The topological polar surface area (TPSA) is 72.6 Å². The molecule has 1 fully saturated rings. The summed E-state index contributed by atoms with van der Waals surface area (Å²) < 4.78 is 30.8. The van der Waals surface area contributed by atoms with Crippen LogP contribution in [-0.4, -0.2) is 27.8 Å². The third-order valence-corrected chi connectivity index (χ3v) is 5.06. The lowest BCUT2D eigenvalue weighted by molar-refractivity contribution is 0.415. The van der Waals surface area contributed by atoms with Crippen LogP contribution in [0, 0.1) is 5.92 Å². The summed E-state index contributed by atoms with van der Waals surface area (Å²) in [6.45, 7) is 2.83. The molecule has 1 aliphatic heterocycles. The molecule has 1 aliphatic rings. The van der Waals surface area contributed by atoms with Gasteiger partial charge in [0, 0.05) is 13.1 Å². The SMILES string of the molecule is COc1cc(CN)ccc1N1CC(C)CS1(=O)=O. The van der Waals surface area contributed by atoms with Crippen molar-refractivity contribution in [2.75, 3.05) is 23.7 Å². The molecule has 5 nitrogen and oxygen atoms in total. The first-order valence-electron chi connectivity index (χ1n) is 5.85. The predicted molar refractivity (Wildman–Crippen MR) is 71.2 cm³/mol. The van der Waals surface area contributed by atoms with Gasteiger partial charge in [-0.25, -0.2) is 8.42 Å². The zero-order valence-electron chi connectivity index (χ0n) is 10.6. The minimum atomic E-state index is -3.22. The van der Waals surface area contributed by atoms with Gasteiger partial charge in [0.2, 0.25) is 10.0 Å². The first-order chi connectivity index (χ1) is 8.47. The van der Waals surface area contributed by atoms with Crippen LogP contribution >= 0.6 is 0 Å². The molecule has 0 amide bonds. The van der Waals surface area contributed by atoms with E-state index in [2.05, 4.69) is 0 Å². The van der Waals surface area contributed by atoms with Crippen molar-refractivity contribution < 1.29 is 13.2 Å². The van der Waals surface area contributed by atoms with Gasteiger partial charge < -0.3 is 10.5 Å². The molecule has 2 rings (SSSR count). The fourth-order valence-corrected chi connectivity index (χ4v) is 4.14. The van der Waals surface area contributed by atoms with Gasteiger partial charge in [-0.05, 0) is 23.6 Å². The minimum Gasteiger partial charge on any atom is -0.495 e. The maximum absolute atomic E-state index is 12.0. The van der Waals surface area contributed by atoms with Crippen molar-refractivity contribution in [3.8, 4) is 5.75 Å². The van der Waals surface area contributed by atoms with Crippen LogP contribution in [0.3, 0.4) is 0 Å². The lowest BCUT2D eigenvalue weighted by Crippen LogP contribution is -2.25. The maximum Gasteiger partial charge on any atom is 0.235 e. The quantitative estimate of drug-likeness (QED) is 0.887. The average Bonchev–Trinajstić information content (AvgIpc) is 2.61. The Morgan fingerprint density at radius 2 is 2.22 bits per heavy atom. The number of anilines is 1. The van der Waals surface area contributed by atoms with Gasteiger partial charge in [-0.3, -0.25) is 4.31 Å². The van der Waals surface area contributed by atoms with Gasteiger partial charge in [0.25, 0.3) is 0 Å². The Morgan fingerprint density at radius 1 is 1.50 bits per heavy atom. The second-order valence-corrected chi connectivity index (χ2v) is 6.56. The molecule has 0 aliphatic carbocycles. The Morgan fingerprint density at radius 3 is 2.72 bits per heavy atom. The smallest absolute Gasteiger partial charge is 0.235 e. The highest BCUT2D eigenvalue weighted by molar-refractivity contribution is 7.93. The van der Waals surface area contributed by atoms with Crippen molar-refractivity contribution in [3.63, 3.8) is 0 Å². The summed E-state index contributed by atoms with van der Waals surface area (Å²) in [5.74, 6) is 0.874. The molecule has 1 aromatic carbocycles. The number of hydrogen-bond acceptors (Lipinski definition) is 4. The number of rotatable bonds is 3. The fraction of sp³-hybridized carbons (Fsp3) is 0.500. The minimum absolute atomic E-state index is 0.133. The fourth-order valence-electron chi connectivity index (χ4n) is 2.20. The highest BCUT2D eigenvalue weighted by Crippen LogP contribution is 2.35. The van der Waals surface area contributed by atoms with Gasteiger partial charge in [0.1, 0.15) is 5.75 Å². The van der Waals surface area contributed by atoms with Gasteiger partial charge >= 0.3 is 0 Å². The van der Waals surface area contributed by atoms with Crippen LogP contribution in [0.5, 0.6) is 5.75 Å². The largest absolute Gasteiger partial charge is 0.495 e. The average molecular weight is 270 g/mol. The first kappa shape index (κ1) is 13.2. The molecule has 1 atom stereocenters. The van der Waals surface area contributed by atoms with Gasteiger partial charge in [0.05, 0.1) is 18.6 Å². The highest BCUT2D eigenvalue weighted by Gasteiger charge is 2.35. The van der Waals surface area contributed by atoms with E-state index in [0.29, 0.717) is 24.5 Å². The zero-order chi connectivity index (χ0) is 13.3. The molecule has 2 N–H and O–H groups in total. The zero-order valence-corrected chi connectivity index (χ0v) is 11.4. The summed E-state index contributed by atoms with van der Waals surface area (Å²) in [6.07, 6.45) is 0. The maximum atomic E-state index is 12.0. The molecule has 0 aromatic heterocycles. The van der Waals surface area contributed by atoms with E-state index in [9.17, 15) is 8.42 Å². The standard InChI is InChI=1S/C12H18N2O3S/c1-9-7-14(18(15,16)8-9)11-4-3-10(6-13)5-12(11)17-2/h3-5,9H,6-8,13H2,1-2H3. The molecule has 0 radical (unpaired) electrons. The van der Waals surface area contributed by atoms with E-state index < -0.39 is 10.0 Å². The van der Waals surface area contributed by atoms with E-state index in [1.807, 2.05) is 13.0 Å². The van der Waals surface area contributed by atoms with Crippen LogP contribution in [0.2, 0.25) is 0 Å². The number of ether oxygens (including phenoxy) is 1. The van der Waals surface area contributed by atoms with Gasteiger partial charge in [-0.2, -0.15) is 0 Å². The van der Waals surface area contributed by atoms with Crippen molar-refractivity contribution >= 4 is 15.7 Å². The first-order valence-corrected chi connectivity index (χ1v) is 7.46. The van der Waals surface area contributed by atoms with E-state index >= 15 is 0 Å². The molecular formula is C12H18N2O3S. The van der Waals surface area contributed by atoms with Crippen LogP contribution in [0.1, 0.15) is 12.5 Å². The van der Waals surface area contributed by atoms with Crippen molar-refractivity contribution in [2.45, 2.75) is 13.5 Å². The summed E-state index contributed by atoms with van der Waals surface area (Å²) >= 11 is 0.